The van der Waals surface area contributed by atoms with Crippen LogP contribution in [0.1, 0.15) is 11.1 Å². The molecule has 0 saturated carbocycles. The van der Waals surface area contributed by atoms with Gasteiger partial charge in [0.25, 0.3) is 0 Å². The van der Waals surface area contributed by atoms with Gasteiger partial charge in [0.2, 0.25) is 15.9 Å². The number of aryl methyl sites for hydroxylation is 2. The highest BCUT2D eigenvalue weighted by Crippen LogP contribution is 2.25. The van der Waals surface area contributed by atoms with Gasteiger partial charge in [-0.2, -0.15) is 4.31 Å². The molecular weight excluding hydrogens is 428 g/mol. The largest absolute Gasteiger partial charge is 0.339 e. The molecule has 1 fully saturated rings. The lowest BCUT2D eigenvalue weighted by atomic mass is 10.1. The Bertz CT molecular complexity index is 1220. The van der Waals surface area contributed by atoms with E-state index < -0.39 is 10.0 Å². The fraction of sp³-hybridized carbons (Fsp3) is 0.292. The summed E-state index contributed by atoms with van der Waals surface area (Å²) in [4.78, 5) is 15.9. The number of hydrogen-bond donors (Lipinski definition) is 0. The van der Waals surface area contributed by atoms with Crippen molar-refractivity contribution < 1.29 is 13.2 Å². The highest BCUT2D eigenvalue weighted by molar-refractivity contribution is 8.00. The average molecular weight is 455 g/mol. The number of carbonyl (C=O) groups excluding carboxylic acids is 1. The number of fused-ring (bicyclic) bond motifs is 1. The SMILES string of the molecule is Cc1ccc(C)c(S(=O)(=O)N2CCN(C(=O)CSc3ccc4ccccc4c3)CC2)c1. The van der Waals surface area contributed by atoms with Crippen LogP contribution < -0.4 is 0 Å². The number of hydrogen-bond acceptors (Lipinski definition) is 4. The van der Waals surface area contributed by atoms with E-state index in [1.54, 1.807) is 11.0 Å². The minimum Gasteiger partial charge on any atom is -0.339 e. The number of rotatable bonds is 5. The highest BCUT2D eigenvalue weighted by Gasteiger charge is 2.31. The van der Waals surface area contributed by atoms with Crippen LogP contribution in [0.4, 0.5) is 0 Å². The fourth-order valence-electron chi connectivity index (χ4n) is 3.80. The molecular formula is C24H26N2O3S2. The maximum Gasteiger partial charge on any atom is 0.243 e. The second-order valence-electron chi connectivity index (χ2n) is 7.85. The molecule has 31 heavy (non-hydrogen) atoms. The van der Waals surface area contributed by atoms with Gasteiger partial charge in [-0.3, -0.25) is 4.79 Å². The molecule has 3 aromatic rings. The lowest BCUT2D eigenvalue weighted by molar-refractivity contribution is -0.129. The number of piperazine rings is 1. The predicted octanol–water partition coefficient (Wildman–Crippen LogP) is 4.08. The summed E-state index contributed by atoms with van der Waals surface area (Å²) in [6.07, 6.45) is 0. The van der Waals surface area contributed by atoms with Gasteiger partial charge >= 0.3 is 0 Å². The Labute approximate surface area is 188 Å². The normalized spacial score (nSPS) is 15.4. The Morgan fingerprint density at radius 2 is 1.61 bits per heavy atom. The van der Waals surface area contributed by atoms with Crippen LogP contribution in [0.25, 0.3) is 10.8 Å². The lowest BCUT2D eigenvalue weighted by Crippen LogP contribution is -2.51. The molecule has 5 nitrogen and oxygen atoms in total. The molecule has 0 aliphatic carbocycles. The Morgan fingerprint density at radius 1 is 0.903 bits per heavy atom. The number of thioether (sulfide) groups is 1. The van der Waals surface area contributed by atoms with E-state index in [9.17, 15) is 13.2 Å². The summed E-state index contributed by atoms with van der Waals surface area (Å²) < 4.78 is 27.6. The van der Waals surface area contributed by atoms with Crippen molar-refractivity contribution in [1.29, 1.82) is 0 Å². The first-order chi connectivity index (χ1) is 14.8. The predicted molar refractivity (Wildman–Crippen MR) is 126 cm³/mol. The van der Waals surface area contributed by atoms with Crippen molar-refractivity contribution in [1.82, 2.24) is 9.21 Å². The third-order valence-corrected chi connectivity index (χ3v) is 8.66. The summed E-state index contributed by atoms with van der Waals surface area (Å²) in [6.45, 7) is 5.19. The van der Waals surface area contributed by atoms with Crippen molar-refractivity contribution in [2.75, 3.05) is 31.9 Å². The Morgan fingerprint density at radius 3 is 2.35 bits per heavy atom. The van der Waals surface area contributed by atoms with Gasteiger partial charge < -0.3 is 4.90 Å². The maximum atomic E-state index is 13.1. The molecule has 0 N–H and O–H groups in total. The molecule has 162 valence electrons. The van der Waals surface area contributed by atoms with Crippen LogP contribution >= 0.6 is 11.8 Å². The summed E-state index contributed by atoms with van der Waals surface area (Å²) in [5.41, 5.74) is 1.67. The molecule has 0 atom stereocenters. The molecule has 1 saturated heterocycles. The highest BCUT2D eigenvalue weighted by atomic mass is 32.2. The van der Waals surface area contributed by atoms with Gasteiger partial charge in [-0.15, -0.1) is 11.8 Å². The van der Waals surface area contributed by atoms with Crippen LogP contribution in [0.3, 0.4) is 0 Å². The van der Waals surface area contributed by atoms with Crippen molar-refractivity contribution in [2.45, 2.75) is 23.6 Å². The fourth-order valence-corrected chi connectivity index (χ4v) is 6.37. The Kier molecular flexibility index (Phi) is 6.36. The third-order valence-electron chi connectivity index (χ3n) is 5.64. The summed E-state index contributed by atoms with van der Waals surface area (Å²) >= 11 is 1.52. The number of nitrogens with zero attached hydrogens (tertiary/aromatic N) is 2. The van der Waals surface area contributed by atoms with Crippen molar-refractivity contribution in [2.24, 2.45) is 0 Å². The zero-order valence-corrected chi connectivity index (χ0v) is 19.4. The van der Waals surface area contributed by atoms with Crippen LogP contribution in [0.5, 0.6) is 0 Å². The Balaban J connectivity index is 1.35. The van der Waals surface area contributed by atoms with Gasteiger partial charge in [0.15, 0.2) is 0 Å². The molecule has 0 radical (unpaired) electrons. The maximum absolute atomic E-state index is 13.1. The molecule has 4 rings (SSSR count). The third kappa shape index (κ3) is 4.79. The smallest absolute Gasteiger partial charge is 0.243 e. The molecule has 1 aliphatic heterocycles. The van der Waals surface area contributed by atoms with Gasteiger partial charge in [-0.05, 0) is 53.9 Å². The van der Waals surface area contributed by atoms with Crippen molar-refractivity contribution in [3.05, 3.63) is 71.8 Å². The van der Waals surface area contributed by atoms with Crippen molar-refractivity contribution in [3.8, 4) is 0 Å². The van der Waals surface area contributed by atoms with Crippen molar-refractivity contribution >= 4 is 38.5 Å². The number of amides is 1. The second-order valence-corrected chi connectivity index (χ2v) is 10.8. The van der Waals surface area contributed by atoms with Crippen LogP contribution in [-0.4, -0.2) is 55.5 Å². The van der Waals surface area contributed by atoms with E-state index in [0.717, 1.165) is 21.4 Å². The van der Waals surface area contributed by atoms with Crippen molar-refractivity contribution in [3.63, 3.8) is 0 Å². The van der Waals surface area contributed by atoms with Crippen LogP contribution in [0, 0.1) is 13.8 Å². The van der Waals surface area contributed by atoms with Gasteiger partial charge in [0.1, 0.15) is 0 Å². The average Bonchev–Trinajstić information content (AvgIpc) is 2.79. The quantitative estimate of drug-likeness (QED) is 0.545. The summed E-state index contributed by atoms with van der Waals surface area (Å²) in [5.74, 6) is 0.393. The standard InChI is InChI=1S/C24H26N2O3S2/c1-18-7-8-19(2)23(15-18)31(28,29)26-13-11-25(12-14-26)24(27)17-30-22-10-9-20-5-3-4-6-21(20)16-22/h3-10,15-16H,11-14,17H2,1-2H3. The summed E-state index contributed by atoms with van der Waals surface area (Å²) in [7, 11) is -3.55. The molecule has 1 aliphatic rings. The molecule has 1 heterocycles. The Hall–Kier alpha value is -2.35. The number of sulfonamides is 1. The van der Waals surface area contributed by atoms with Crippen LogP contribution in [0.15, 0.2) is 70.5 Å². The lowest BCUT2D eigenvalue weighted by Gasteiger charge is -2.34. The number of carbonyl (C=O) groups is 1. The first-order valence-electron chi connectivity index (χ1n) is 10.3. The molecule has 0 spiro atoms. The van der Waals surface area contributed by atoms with E-state index in [4.69, 9.17) is 0 Å². The zero-order chi connectivity index (χ0) is 22.0. The van der Waals surface area contributed by atoms with E-state index in [2.05, 4.69) is 24.3 Å². The minimum absolute atomic E-state index is 0.0435. The first kappa shape index (κ1) is 21.9. The first-order valence-corrected chi connectivity index (χ1v) is 12.7. The number of benzene rings is 3. The molecule has 7 heteroatoms. The van der Waals surface area contributed by atoms with E-state index in [0.29, 0.717) is 36.8 Å². The minimum atomic E-state index is -3.55. The molecule has 0 bridgehead atoms. The molecule has 0 unspecified atom stereocenters. The van der Waals surface area contributed by atoms with Crippen LogP contribution in [-0.2, 0) is 14.8 Å². The topological polar surface area (TPSA) is 57.7 Å². The van der Waals surface area contributed by atoms with Gasteiger partial charge in [-0.25, -0.2) is 8.42 Å². The molecule has 0 aromatic heterocycles. The van der Waals surface area contributed by atoms with E-state index in [1.165, 1.54) is 21.5 Å². The van der Waals surface area contributed by atoms with Gasteiger partial charge in [0.05, 0.1) is 10.6 Å². The van der Waals surface area contributed by atoms with Crippen LogP contribution in [0.2, 0.25) is 0 Å². The van der Waals surface area contributed by atoms with Gasteiger partial charge in [0, 0.05) is 31.1 Å². The zero-order valence-electron chi connectivity index (χ0n) is 17.7. The summed E-state index contributed by atoms with van der Waals surface area (Å²) in [6, 6.07) is 19.8. The van der Waals surface area contributed by atoms with E-state index >= 15 is 0 Å². The van der Waals surface area contributed by atoms with E-state index in [-0.39, 0.29) is 5.91 Å². The second kappa shape index (κ2) is 9.02. The molecule has 3 aromatic carbocycles. The monoisotopic (exact) mass is 454 g/mol. The van der Waals surface area contributed by atoms with Gasteiger partial charge in [-0.1, -0.05) is 42.5 Å². The van der Waals surface area contributed by atoms with E-state index in [1.807, 2.05) is 44.2 Å². The summed E-state index contributed by atoms with van der Waals surface area (Å²) in [5, 5.41) is 2.34. The molecule has 1 amide bonds.